The molecule has 0 amide bonds. The van der Waals surface area contributed by atoms with E-state index < -0.39 is 18.2 Å². The van der Waals surface area contributed by atoms with E-state index in [0.717, 1.165) is 12.8 Å². The Morgan fingerprint density at radius 1 is 1.41 bits per heavy atom. The van der Waals surface area contributed by atoms with Crippen LogP contribution in [0.25, 0.3) is 0 Å². The Morgan fingerprint density at radius 3 is 2.35 bits per heavy atom. The normalized spacial score (nSPS) is 39.6. The lowest BCUT2D eigenvalue weighted by Gasteiger charge is -2.39. The van der Waals surface area contributed by atoms with Gasteiger partial charge in [0.25, 0.3) is 0 Å². The van der Waals surface area contributed by atoms with Crippen molar-refractivity contribution >= 4 is 5.97 Å². The van der Waals surface area contributed by atoms with Gasteiger partial charge in [-0.2, -0.15) is 8.78 Å². The minimum Gasteiger partial charge on any atom is -0.475 e. The van der Waals surface area contributed by atoms with Crippen LogP contribution in [0.2, 0.25) is 0 Å². The van der Waals surface area contributed by atoms with Crippen molar-refractivity contribution in [2.75, 3.05) is 0 Å². The van der Waals surface area contributed by atoms with Gasteiger partial charge in [0, 0.05) is 0 Å². The van der Waals surface area contributed by atoms with Crippen LogP contribution in [-0.2, 0) is 9.53 Å². The SMILES string of the molecule is CC1(C)C2CCC1(C)C(OC(F)(F)C(=O)O)C2. The molecule has 2 aliphatic rings. The number of fused-ring (bicyclic) bond motifs is 2. The number of hydrogen-bond acceptors (Lipinski definition) is 2. The van der Waals surface area contributed by atoms with Crippen molar-refractivity contribution in [3.05, 3.63) is 0 Å². The number of carboxylic acid groups (broad SMARTS) is 1. The summed E-state index contributed by atoms with van der Waals surface area (Å²) in [5.41, 5.74) is -0.414. The molecule has 0 aromatic carbocycles. The zero-order chi connectivity index (χ0) is 13.1. The average molecular weight is 248 g/mol. The molecule has 0 heterocycles. The van der Waals surface area contributed by atoms with Crippen molar-refractivity contribution in [1.29, 1.82) is 0 Å². The first-order valence-corrected chi connectivity index (χ1v) is 5.90. The molecule has 2 saturated carbocycles. The summed E-state index contributed by atoms with van der Waals surface area (Å²) in [6.07, 6.45) is -2.37. The van der Waals surface area contributed by atoms with Gasteiger partial charge in [-0.05, 0) is 36.0 Å². The van der Waals surface area contributed by atoms with Gasteiger partial charge in [0.15, 0.2) is 0 Å². The smallest absolute Gasteiger partial charge is 0.456 e. The van der Waals surface area contributed by atoms with E-state index in [1.54, 1.807) is 0 Å². The molecule has 0 saturated heterocycles. The molecule has 2 fully saturated rings. The first-order chi connectivity index (χ1) is 7.61. The van der Waals surface area contributed by atoms with Crippen LogP contribution >= 0.6 is 0 Å². The molecular formula is C12H18F2O3. The summed E-state index contributed by atoms with van der Waals surface area (Å²) in [5, 5.41) is 8.41. The second-order valence-corrected chi connectivity index (χ2v) is 6.04. The van der Waals surface area contributed by atoms with Crippen molar-refractivity contribution < 1.29 is 23.4 Å². The predicted octanol–water partition coefficient (Wildman–Crippen LogP) is 2.90. The van der Waals surface area contributed by atoms with Crippen molar-refractivity contribution in [3.8, 4) is 0 Å². The Hall–Kier alpha value is -0.710. The van der Waals surface area contributed by atoms with Crippen LogP contribution in [0.1, 0.15) is 40.0 Å². The van der Waals surface area contributed by atoms with Crippen molar-refractivity contribution in [2.24, 2.45) is 16.7 Å². The number of aliphatic carboxylic acids is 1. The van der Waals surface area contributed by atoms with Crippen LogP contribution in [0.4, 0.5) is 8.78 Å². The van der Waals surface area contributed by atoms with E-state index >= 15 is 0 Å². The number of rotatable bonds is 3. The molecule has 0 aliphatic heterocycles. The lowest BCUT2D eigenvalue weighted by Crippen LogP contribution is -2.44. The molecule has 3 nitrogen and oxygen atoms in total. The summed E-state index contributed by atoms with van der Waals surface area (Å²) >= 11 is 0. The molecule has 2 rings (SSSR count). The molecule has 98 valence electrons. The second kappa shape index (κ2) is 3.40. The minimum atomic E-state index is -4.08. The minimum absolute atomic E-state index is 0.0632. The highest BCUT2D eigenvalue weighted by molar-refractivity contribution is 5.73. The highest BCUT2D eigenvalue weighted by Crippen LogP contribution is 2.66. The van der Waals surface area contributed by atoms with E-state index in [4.69, 9.17) is 5.11 Å². The summed E-state index contributed by atoms with van der Waals surface area (Å²) in [6.45, 7) is 6.06. The number of alkyl halides is 2. The Bertz CT molecular complexity index is 354. The monoisotopic (exact) mass is 248 g/mol. The highest BCUT2D eigenvalue weighted by atomic mass is 19.3. The van der Waals surface area contributed by atoms with Gasteiger partial charge >= 0.3 is 12.1 Å². The fraction of sp³-hybridized carbons (Fsp3) is 0.917. The van der Waals surface area contributed by atoms with Gasteiger partial charge < -0.3 is 9.84 Å². The summed E-state index contributed by atoms with van der Waals surface area (Å²) in [7, 11) is 0. The maximum atomic E-state index is 13.1. The van der Waals surface area contributed by atoms with Crippen LogP contribution in [0.15, 0.2) is 0 Å². The van der Waals surface area contributed by atoms with E-state index in [9.17, 15) is 13.6 Å². The van der Waals surface area contributed by atoms with E-state index in [0.29, 0.717) is 12.3 Å². The second-order valence-electron chi connectivity index (χ2n) is 6.04. The quantitative estimate of drug-likeness (QED) is 0.835. The van der Waals surface area contributed by atoms with Gasteiger partial charge in [-0.25, -0.2) is 4.79 Å². The molecule has 0 aromatic rings. The third kappa shape index (κ3) is 1.58. The number of ether oxygens (including phenoxy) is 1. The topological polar surface area (TPSA) is 46.5 Å². The predicted molar refractivity (Wildman–Crippen MR) is 56.7 cm³/mol. The zero-order valence-corrected chi connectivity index (χ0v) is 10.3. The van der Waals surface area contributed by atoms with Gasteiger partial charge in [-0.1, -0.05) is 20.8 Å². The Labute approximate surface area is 99.1 Å². The highest BCUT2D eigenvalue weighted by Gasteiger charge is 2.64. The van der Waals surface area contributed by atoms with Crippen molar-refractivity contribution in [2.45, 2.75) is 52.2 Å². The summed E-state index contributed by atoms with van der Waals surface area (Å²) in [4.78, 5) is 10.4. The number of hydrogen-bond donors (Lipinski definition) is 1. The van der Waals surface area contributed by atoms with Crippen LogP contribution < -0.4 is 0 Å². The van der Waals surface area contributed by atoms with E-state index in [1.807, 2.05) is 6.92 Å². The van der Waals surface area contributed by atoms with Crippen LogP contribution in [0.3, 0.4) is 0 Å². The average Bonchev–Trinajstić information content (AvgIpc) is 2.49. The molecule has 5 heteroatoms. The largest absolute Gasteiger partial charge is 0.475 e. The third-order valence-corrected chi connectivity index (χ3v) is 5.25. The molecule has 17 heavy (non-hydrogen) atoms. The van der Waals surface area contributed by atoms with Gasteiger partial charge in [0.2, 0.25) is 0 Å². The number of halogens is 2. The van der Waals surface area contributed by atoms with Crippen molar-refractivity contribution in [3.63, 3.8) is 0 Å². The molecule has 2 bridgehead atoms. The molecule has 3 atom stereocenters. The number of carboxylic acids is 1. The molecule has 0 spiro atoms. The van der Waals surface area contributed by atoms with Gasteiger partial charge in [-0.3, -0.25) is 0 Å². The third-order valence-electron chi connectivity index (χ3n) is 5.25. The molecule has 1 N–H and O–H groups in total. The lowest BCUT2D eigenvalue weighted by molar-refractivity contribution is -0.277. The van der Waals surface area contributed by atoms with Crippen LogP contribution in [-0.4, -0.2) is 23.3 Å². The Balaban J connectivity index is 2.19. The maximum Gasteiger partial charge on any atom is 0.456 e. The molecule has 0 radical (unpaired) electrons. The van der Waals surface area contributed by atoms with Gasteiger partial charge in [0.05, 0.1) is 6.10 Å². The summed E-state index contributed by atoms with van der Waals surface area (Å²) < 4.78 is 30.8. The van der Waals surface area contributed by atoms with E-state index in [-0.39, 0.29) is 10.8 Å². The summed E-state index contributed by atoms with van der Waals surface area (Å²) in [6, 6.07) is 0. The van der Waals surface area contributed by atoms with Crippen LogP contribution in [0.5, 0.6) is 0 Å². The fourth-order valence-corrected chi connectivity index (χ4v) is 3.54. The standard InChI is InChI=1S/C12H18F2O3/c1-10(2)7-4-5-11(10,3)8(6-7)17-12(13,14)9(15)16/h7-8H,4-6H2,1-3H3,(H,15,16). The van der Waals surface area contributed by atoms with Crippen LogP contribution in [0, 0.1) is 16.7 Å². The molecular weight excluding hydrogens is 230 g/mol. The lowest BCUT2D eigenvalue weighted by atomic mass is 9.70. The molecule has 0 aromatic heterocycles. The first-order valence-electron chi connectivity index (χ1n) is 5.90. The van der Waals surface area contributed by atoms with E-state index in [2.05, 4.69) is 18.6 Å². The summed E-state index contributed by atoms with van der Waals surface area (Å²) in [5.74, 6) is -1.86. The first kappa shape index (κ1) is 12.7. The Morgan fingerprint density at radius 2 is 2.00 bits per heavy atom. The molecule has 2 aliphatic carbocycles. The Kier molecular flexibility index (Phi) is 2.55. The van der Waals surface area contributed by atoms with Crippen molar-refractivity contribution in [1.82, 2.24) is 0 Å². The zero-order valence-electron chi connectivity index (χ0n) is 10.3. The maximum absolute atomic E-state index is 13.1. The van der Waals surface area contributed by atoms with Gasteiger partial charge in [0.1, 0.15) is 0 Å². The van der Waals surface area contributed by atoms with Gasteiger partial charge in [-0.15, -0.1) is 0 Å². The fourth-order valence-electron chi connectivity index (χ4n) is 3.54. The van der Waals surface area contributed by atoms with E-state index in [1.165, 1.54) is 0 Å². The molecule has 3 unspecified atom stereocenters. The number of carbonyl (C=O) groups is 1.